The van der Waals surface area contributed by atoms with Crippen LogP contribution in [0.1, 0.15) is 12.8 Å². The number of ether oxygens (including phenoxy) is 3. The highest BCUT2D eigenvalue weighted by Crippen LogP contribution is 2.22. The van der Waals surface area contributed by atoms with E-state index in [4.69, 9.17) is 14.6 Å². The van der Waals surface area contributed by atoms with Crippen molar-refractivity contribution in [2.45, 2.75) is 49.7 Å². The Hall–Kier alpha value is -2.17. The quantitative estimate of drug-likeness (QED) is 0.248. The lowest BCUT2D eigenvalue weighted by Crippen LogP contribution is -2.59. The van der Waals surface area contributed by atoms with E-state index in [9.17, 15) is 20.1 Å². The third kappa shape index (κ3) is 7.53. The summed E-state index contributed by atoms with van der Waals surface area (Å²) >= 11 is 0. The normalized spacial score (nSPS) is 28.4. The van der Waals surface area contributed by atoms with Gasteiger partial charge in [0.1, 0.15) is 30.5 Å². The number of carbonyl (C=O) groups is 1. The zero-order chi connectivity index (χ0) is 20.2. The van der Waals surface area contributed by atoms with E-state index in [0.29, 0.717) is 6.42 Å². The molecule has 27 heavy (non-hydrogen) atoms. The van der Waals surface area contributed by atoms with Crippen molar-refractivity contribution in [3.8, 4) is 23.7 Å². The fourth-order valence-electron chi connectivity index (χ4n) is 2.08. The number of carbonyl (C=O) groups excluding carboxylic acids is 1. The van der Waals surface area contributed by atoms with Gasteiger partial charge in [-0.15, -0.1) is 0 Å². The first-order chi connectivity index (χ1) is 12.9. The standard InChI is InChI=1S/C19H24O8/c1-3-13(10-8-6-4-5-7-9-11-15(21)25-2)26-19-18(24)17(23)16(22)14(12-20)27-19/h3,7,9,13-14,16-20,22-24H,1,5,11-12H2,2H3/b9-7-/t13-,14-,16+,17+,18-,19+/m0/s1. The largest absolute Gasteiger partial charge is 0.469 e. The molecule has 0 aromatic carbocycles. The topological polar surface area (TPSA) is 126 Å². The smallest absolute Gasteiger partial charge is 0.309 e. The van der Waals surface area contributed by atoms with Gasteiger partial charge in [-0.1, -0.05) is 36.6 Å². The van der Waals surface area contributed by atoms with Crippen LogP contribution in [0.25, 0.3) is 0 Å². The molecule has 4 N–H and O–H groups in total. The monoisotopic (exact) mass is 380 g/mol. The fourth-order valence-corrected chi connectivity index (χ4v) is 2.08. The third-order valence-corrected chi connectivity index (χ3v) is 3.61. The Morgan fingerprint density at radius 2 is 1.96 bits per heavy atom. The van der Waals surface area contributed by atoms with Crippen molar-refractivity contribution >= 4 is 5.97 Å². The highest BCUT2D eigenvalue weighted by molar-refractivity contribution is 5.70. The van der Waals surface area contributed by atoms with E-state index in [1.54, 1.807) is 12.2 Å². The minimum Gasteiger partial charge on any atom is -0.469 e. The molecule has 6 atom stereocenters. The highest BCUT2D eigenvalue weighted by Gasteiger charge is 2.44. The first-order valence-corrected chi connectivity index (χ1v) is 8.23. The van der Waals surface area contributed by atoms with E-state index in [2.05, 4.69) is 35.0 Å². The minimum atomic E-state index is -1.53. The summed E-state index contributed by atoms with van der Waals surface area (Å²) in [5.74, 6) is 10.2. The van der Waals surface area contributed by atoms with Crippen molar-refractivity contribution in [3.05, 3.63) is 24.8 Å². The predicted octanol–water partition coefficient (Wildman–Crippen LogP) is -1.13. The van der Waals surface area contributed by atoms with Crippen molar-refractivity contribution in [3.63, 3.8) is 0 Å². The molecule has 1 aliphatic rings. The van der Waals surface area contributed by atoms with Crippen molar-refractivity contribution in [2.24, 2.45) is 0 Å². The van der Waals surface area contributed by atoms with Crippen LogP contribution in [0.3, 0.4) is 0 Å². The van der Waals surface area contributed by atoms with Crippen molar-refractivity contribution < 1.29 is 39.4 Å². The lowest BCUT2D eigenvalue weighted by atomic mass is 9.99. The molecule has 0 bridgehead atoms. The Labute approximate surface area is 158 Å². The molecule has 1 rings (SSSR count). The molecule has 8 nitrogen and oxygen atoms in total. The number of aliphatic hydroxyl groups excluding tert-OH is 4. The van der Waals surface area contributed by atoms with Gasteiger partial charge in [0, 0.05) is 6.42 Å². The summed E-state index contributed by atoms with van der Waals surface area (Å²) in [4.78, 5) is 10.9. The van der Waals surface area contributed by atoms with Gasteiger partial charge in [-0.25, -0.2) is 0 Å². The number of aliphatic hydroxyl groups is 4. The van der Waals surface area contributed by atoms with Crippen LogP contribution in [0.4, 0.5) is 0 Å². The second-order valence-corrected chi connectivity index (χ2v) is 5.52. The number of methoxy groups -OCH3 is 1. The molecular formula is C19H24O8. The van der Waals surface area contributed by atoms with E-state index in [0.717, 1.165) is 0 Å². The summed E-state index contributed by atoms with van der Waals surface area (Å²) in [6.07, 6.45) is -2.44. The Kier molecular flexibility index (Phi) is 10.4. The van der Waals surface area contributed by atoms with Crippen LogP contribution in [-0.2, 0) is 19.0 Å². The molecular weight excluding hydrogens is 356 g/mol. The Bertz CT molecular complexity index is 634. The first-order valence-electron chi connectivity index (χ1n) is 8.23. The second-order valence-electron chi connectivity index (χ2n) is 5.52. The van der Waals surface area contributed by atoms with Gasteiger partial charge >= 0.3 is 5.97 Å². The summed E-state index contributed by atoms with van der Waals surface area (Å²) in [5, 5.41) is 38.5. The van der Waals surface area contributed by atoms with Crippen LogP contribution in [0, 0.1) is 23.7 Å². The maximum Gasteiger partial charge on any atom is 0.309 e. The Morgan fingerprint density at radius 3 is 2.59 bits per heavy atom. The van der Waals surface area contributed by atoms with Gasteiger partial charge in [0.25, 0.3) is 0 Å². The van der Waals surface area contributed by atoms with E-state index >= 15 is 0 Å². The Balaban J connectivity index is 2.56. The minimum absolute atomic E-state index is 0.176. The van der Waals surface area contributed by atoms with Crippen LogP contribution < -0.4 is 0 Å². The lowest BCUT2D eigenvalue weighted by Gasteiger charge is -2.40. The molecule has 1 saturated heterocycles. The summed E-state index contributed by atoms with van der Waals surface area (Å²) < 4.78 is 15.1. The van der Waals surface area contributed by atoms with Crippen molar-refractivity contribution in [2.75, 3.05) is 13.7 Å². The molecule has 1 heterocycles. The molecule has 0 saturated carbocycles. The van der Waals surface area contributed by atoms with Crippen molar-refractivity contribution in [1.29, 1.82) is 0 Å². The molecule has 8 heteroatoms. The zero-order valence-corrected chi connectivity index (χ0v) is 14.9. The fraction of sp³-hybridized carbons (Fsp3) is 0.526. The van der Waals surface area contributed by atoms with E-state index in [1.807, 2.05) is 0 Å². The van der Waals surface area contributed by atoms with Gasteiger partial charge in [-0.3, -0.25) is 4.79 Å². The molecule has 0 unspecified atom stereocenters. The van der Waals surface area contributed by atoms with E-state index < -0.39 is 43.4 Å². The molecule has 1 aliphatic heterocycles. The van der Waals surface area contributed by atoms with Gasteiger partial charge < -0.3 is 34.6 Å². The first kappa shape index (κ1) is 22.9. The van der Waals surface area contributed by atoms with Gasteiger partial charge in [0.15, 0.2) is 6.29 Å². The third-order valence-electron chi connectivity index (χ3n) is 3.61. The summed E-state index contributed by atoms with van der Waals surface area (Å²) in [7, 11) is 1.31. The van der Waals surface area contributed by atoms with Crippen LogP contribution in [0.2, 0.25) is 0 Å². The summed E-state index contributed by atoms with van der Waals surface area (Å²) in [5.41, 5.74) is 0. The molecule has 1 fully saturated rings. The average molecular weight is 380 g/mol. The van der Waals surface area contributed by atoms with Crippen LogP contribution >= 0.6 is 0 Å². The molecule has 0 aromatic heterocycles. The molecule has 148 valence electrons. The molecule has 0 aliphatic carbocycles. The number of hydrogen-bond donors (Lipinski definition) is 4. The van der Waals surface area contributed by atoms with Crippen LogP contribution in [0.15, 0.2) is 24.8 Å². The summed E-state index contributed by atoms with van der Waals surface area (Å²) in [6, 6.07) is 0. The van der Waals surface area contributed by atoms with Gasteiger partial charge in [-0.05, 0) is 11.8 Å². The average Bonchev–Trinajstić information content (AvgIpc) is 2.68. The van der Waals surface area contributed by atoms with Crippen LogP contribution in [-0.4, -0.2) is 76.9 Å². The van der Waals surface area contributed by atoms with E-state index in [1.165, 1.54) is 13.2 Å². The van der Waals surface area contributed by atoms with E-state index in [-0.39, 0.29) is 12.4 Å². The molecule has 0 amide bonds. The van der Waals surface area contributed by atoms with Gasteiger partial charge in [0.2, 0.25) is 0 Å². The number of rotatable bonds is 7. The highest BCUT2D eigenvalue weighted by atomic mass is 16.7. The summed E-state index contributed by atoms with van der Waals surface area (Å²) in [6.45, 7) is 3.01. The zero-order valence-electron chi connectivity index (χ0n) is 14.9. The number of esters is 1. The van der Waals surface area contributed by atoms with Crippen molar-refractivity contribution in [1.82, 2.24) is 0 Å². The second kappa shape index (κ2) is 12.3. The molecule has 0 radical (unpaired) electrons. The predicted molar refractivity (Wildman–Crippen MR) is 94.8 cm³/mol. The number of hydrogen-bond acceptors (Lipinski definition) is 8. The Morgan fingerprint density at radius 1 is 1.22 bits per heavy atom. The SMILES string of the molecule is C=C[C@@H](C#CC#CC/C=C\CC(=O)OC)O[C@@H]1O[C@@H](CO)[C@@H](O)[C@@H](O)[C@@H]1O. The maximum atomic E-state index is 10.9. The van der Waals surface area contributed by atoms with Crippen LogP contribution in [0.5, 0.6) is 0 Å². The molecule has 0 spiro atoms. The maximum absolute atomic E-state index is 10.9. The van der Waals surface area contributed by atoms with Gasteiger partial charge in [-0.2, -0.15) is 0 Å². The molecule has 0 aromatic rings. The number of allylic oxidation sites excluding steroid dienone is 1. The van der Waals surface area contributed by atoms with Gasteiger partial charge in [0.05, 0.1) is 20.1 Å². The lowest BCUT2D eigenvalue weighted by molar-refractivity contribution is -0.303.